The molecule has 224 valence electrons. The van der Waals surface area contributed by atoms with Gasteiger partial charge in [-0.05, 0) is 30.0 Å². The molecule has 1 N–H and O–H groups in total. The molecule has 0 bridgehead atoms. The van der Waals surface area contributed by atoms with Gasteiger partial charge in [0, 0.05) is 24.2 Å². The van der Waals surface area contributed by atoms with Gasteiger partial charge in [0.05, 0.1) is 12.8 Å². The monoisotopic (exact) mass is 595 g/mol. The van der Waals surface area contributed by atoms with Crippen LogP contribution in [0, 0.1) is 5.41 Å². The molecule has 1 aliphatic rings. The second kappa shape index (κ2) is 15.9. The lowest BCUT2D eigenvalue weighted by Gasteiger charge is -2.29. The highest BCUT2D eigenvalue weighted by Crippen LogP contribution is 2.31. The van der Waals surface area contributed by atoms with Crippen LogP contribution in [-0.2, 0) is 15.7 Å². The number of rotatable bonds is 6. The molecule has 0 saturated carbocycles. The number of methoxy groups -OCH3 is 1. The van der Waals surface area contributed by atoms with E-state index in [4.69, 9.17) is 16.3 Å². The van der Waals surface area contributed by atoms with Crippen molar-refractivity contribution in [3.63, 3.8) is 0 Å². The maximum Gasteiger partial charge on any atom is 0.451 e. The molecule has 2 heterocycles. The number of aromatic nitrogens is 2. The maximum absolute atomic E-state index is 13.3. The number of carbonyl (C=O) groups excluding carboxylic acids is 2. The molecule has 1 aromatic heterocycles. The van der Waals surface area contributed by atoms with E-state index in [1.807, 2.05) is 32.9 Å². The number of hydrazone groups is 1. The number of anilines is 1. The minimum atomic E-state index is -4.83. The number of amides is 1. The Bertz CT molecular complexity index is 1240. The predicted molar refractivity (Wildman–Crippen MR) is 156 cm³/mol. The van der Waals surface area contributed by atoms with E-state index in [1.54, 1.807) is 51.1 Å². The Morgan fingerprint density at radius 1 is 1.17 bits per heavy atom. The summed E-state index contributed by atoms with van der Waals surface area (Å²) < 4.78 is 44.8. The molecule has 0 spiro atoms. The van der Waals surface area contributed by atoms with Crippen LogP contribution >= 0.6 is 11.6 Å². The fourth-order valence-electron chi connectivity index (χ4n) is 3.41. The van der Waals surface area contributed by atoms with Crippen LogP contribution in [0.1, 0.15) is 69.7 Å². The van der Waals surface area contributed by atoms with E-state index in [0.29, 0.717) is 17.2 Å². The Morgan fingerprint density at radius 3 is 2.24 bits per heavy atom. The van der Waals surface area contributed by atoms with Crippen LogP contribution in [0.5, 0.6) is 0 Å². The van der Waals surface area contributed by atoms with Crippen LogP contribution in [0.2, 0.25) is 5.02 Å². The number of alkyl halides is 3. The summed E-state index contributed by atoms with van der Waals surface area (Å²) in [6, 6.07) is 5.76. The van der Waals surface area contributed by atoms with E-state index in [9.17, 15) is 22.8 Å². The van der Waals surface area contributed by atoms with Gasteiger partial charge in [0.25, 0.3) is 5.91 Å². The van der Waals surface area contributed by atoms with Gasteiger partial charge in [-0.3, -0.25) is 4.79 Å². The highest BCUT2D eigenvalue weighted by Gasteiger charge is 2.38. The third-order valence-corrected chi connectivity index (χ3v) is 5.65. The molecule has 1 aromatic carbocycles. The minimum Gasteiger partial charge on any atom is -0.467 e. The van der Waals surface area contributed by atoms with Crippen molar-refractivity contribution in [2.45, 2.75) is 60.2 Å². The molecule has 1 amide bonds. The zero-order valence-electron chi connectivity index (χ0n) is 24.3. The average molecular weight is 596 g/mol. The van der Waals surface area contributed by atoms with Gasteiger partial charge in [-0.1, -0.05) is 83.2 Å². The minimum absolute atomic E-state index is 0.187. The first-order chi connectivity index (χ1) is 19.2. The van der Waals surface area contributed by atoms with Crippen molar-refractivity contribution in [2.75, 3.05) is 18.7 Å². The normalized spacial score (nSPS) is 13.7. The summed E-state index contributed by atoms with van der Waals surface area (Å²) in [6.07, 6.45) is 1.94. The molecule has 0 radical (unpaired) electrons. The van der Waals surface area contributed by atoms with Gasteiger partial charge in [-0.15, -0.1) is 0 Å². The van der Waals surface area contributed by atoms with Crippen molar-refractivity contribution in [3.8, 4) is 0 Å². The average Bonchev–Trinajstić information content (AvgIpc) is 3.42. The molecule has 12 heteroatoms. The number of esters is 1. The molecular formula is C29H37ClF3N5O3. The third-order valence-electron chi connectivity index (χ3n) is 5.40. The van der Waals surface area contributed by atoms with Crippen LogP contribution in [-0.4, -0.2) is 47.3 Å². The van der Waals surface area contributed by atoms with Gasteiger partial charge in [-0.25, -0.2) is 19.8 Å². The van der Waals surface area contributed by atoms with Gasteiger partial charge in [0.2, 0.25) is 5.82 Å². The second-order valence-electron chi connectivity index (χ2n) is 9.41. The number of halogens is 4. The highest BCUT2D eigenvalue weighted by molar-refractivity contribution is 6.30. The van der Waals surface area contributed by atoms with Crippen LogP contribution in [0.15, 0.2) is 60.4 Å². The van der Waals surface area contributed by atoms with Crippen LogP contribution < -0.4 is 10.3 Å². The molecule has 8 nitrogen and oxygen atoms in total. The summed E-state index contributed by atoms with van der Waals surface area (Å²) in [5, 5.41) is 8.66. The molecule has 41 heavy (non-hydrogen) atoms. The summed E-state index contributed by atoms with van der Waals surface area (Å²) in [5.41, 5.74) is 0.342. The highest BCUT2D eigenvalue weighted by atomic mass is 35.5. The molecule has 1 aliphatic heterocycles. The zero-order valence-corrected chi connectivity index (χ0v) is 25.1. The number of nitrogens with one attached hydrogen (secondary N) is 1. The van der Waals surface area contributed by atoms with Crippen molar-refractivity contribution >= 4 is 35.0 Å². The van der Waals surface area contributed by atoms with Crippen molar-refractivity contribution in [1.82, 2.24) is 15.3 Å². The maximum atomic E-state index is 13.3. The lowest BCUT2D eigenvalue weighted by atomic mass is 9.86. The summed E-state index contributed by atoms with van der Waals surface area (Å²) in [5.74, 6) is -3.25. The SMILES string of the molecule is C=C/C=C\C.CC.COC(=O)C(NC(=O)c1cnc(C(F)(F)F)nc1N1CCC(c2ccc(Cl)cc2)=N1)C(C)(C)C. The summed E-state index contributed by atoms with van der Waals surface area (Å²) in [7, 11) is 1.18. The number of hydrogen-bond donors (Lipinski definition) is 1. The quantitative estimate of drug-likeness (QED) is 0.290. The molecule has 0 saturated heterocycles. The van der Waals surface area contributed by atoms with Gasteiger partial charge >= 0.3 is 12.1 Å². The predicted octanol–water partition coefficient (Wildman–Crippen LogP) is 6.86. The Morgan fingerprint density at radius 2 is 1.78 bits per heavy atom. The first kappa shape index (κ1) is 35.3. The van der Waals surface area contributed by atoms with Gasteiger partial charge in [0.1, 0.15) is 11.6 Å². The van der Waals surface area contributed by atoms with Gasteiger partial charge < -0.3 is 10.1 Å². The lowest BCUT2D eigenvalue weighted by molar-refractivity contribution is -0.146. The Hall–Kier alpha value is -3.73. The Kier molecular flexibility index (Phi) is 13.7. The smallest absolute Gasteiger partial charge is 0.451 e. The summed E-state index contributed by atoms with van der Waals surface area (Å²) >= 11 is 5.91. The van der Waals surface area contributed by atoms with Gasteiger partial charge in [-0.2, -0.15) is 18.3 Å². The van der Waals surface area contributed by atoms with E-state index < -0.39 is 35.3 Å². The third kappa shape index (κ3) is 10.3. The molecule has 1 unspecified atom stereocenters. The molecule has 1 atom stereocenters. The topological polar surface area (TPSA) is 96.8 Å². The molecule has 0 fully saturated rings. The van der Waals surface area contributed by atoms with Crippen LogP contribution in [0.25, 0.3) is 0 Å². The second-order valence-corrected chi connectivity index (χ2v) is 9.85. The Balaban J connectivity index is 0.00000108. The molecule has 2 aromatic rings. The van der Waals surface area contributed by atoms with E-state index >= 15 is 0 Å². The van der Waals surface area contributed by atoms with E-state index in [1.165, 1.54) is 12.1 Å². The standard InChI is InChI=1S/C22H23ClF3N5O3.C5H8.C2H6/c1-21(2,3)16(19(33)34-4)28-18(32)14-11-27-20(22(24,25)26)29-17(14)31-10-9-15(30-31)12-5-7-13(23)8-6-12;1-3-5-4-2;1-2/h5-8,11,16H,9-10H2,1-4H3,(H,28,32);3-5H,1H2,2H3;1-2H3/b;5-4-;. The fraction of sp³-hybridized carbons (Fsp3) is 0.414. The summed E-state index contributed by atoms with van der Waals surface area (Å²) in [6.45, 7) is 14.7. The number of nitrogens with zero attached hydrogens (tertiary/aromatic N) is 4. The van der Waals surface area contributed by atoms with E-state index in [-0.39, 0.29) is 17.9 Å². The zero-order chi connectivity index (χ0) is 31.4. The number of ether oxygens (including phenoxy) is 1. The first-order valence-corrected chi connectivity index (χ1v) is 13.3. The van der Waals surface area contributed by atoms with Crippen molar-refractivity contribution in [2.24, 2.45) is 10.5 Å². The van der Waals surface area contributed by atoms with Crippen molar-refractivity contribution < 1.29 is 27.5 Å². The van der Waals surface area contributed by atoms with Crippen LogP contribution in [0.4, 0.5) is 19.0 Å². The van der Waals surface area contributed by atoms with E-state index in [0.717, 1.165) is 11.8 Å². The van der Waals surface area contributed by atoms with Crippen LogP contribution in [0.3, 0.4) is 0 Å². The lowest BCUT2D eigenvalue weighted by Crippen LogP contribution is -2.50. The summed E-state index contributed by atoms with van der Waals surface area (Å²) in [4.78, 5) is 32.2. The Labute approximate surface area is 244 Å². The molecular weight excluding hydrogens is 559 g/mol. The van der Waals surface area contributed by atoms with Gasteiger partial charge in [0.15, 0.2) is 5.82 Å². The number of benzene rings is 1. The first-order valence-electron chi connectivity index (χ1n) is 12.9. The van der Waals surface area contributed by atoms with Crippen molar-refractivity contribution in [3.05, 3.63) is 77.2 Å². The fourth-order valence-corrected chi connectivity index (χ4v) is 3.54. The number of hydrogen-bond acceptors (Lipinski definition) is 7. The molecule has 0 aliphatic carbocycles. The largest absolute Gasteiger partial charge is 0.467 e. The van der Waals surface area contributed by atoms with E-state index in [2.05, 4.69) is 27.0 Å². The van der Waals surface area contributed by atoms with Crippen molar-refractivity contribution in [1.29, 1.82) is 0 Å². The number of carbonyl (C=O) groups is 2. The molecule has 3 rings (SSSR count). The number of allylic oxidation sites excluding steroid dienone is 3.